The predicted octanol–water partition coefficient (Wildman–Crippen LogP) is 12.4. The number of ether oxygens (including phenoxy) is 4. The van der Waals surface area contributed by atoms with E-state index in [1.54, 1.807) is 36.4 Å². The van der Waals surface area contributed by atoms with E-state index in [1.807, 2.05) is 97.1 Å². The van der Waals surface area contributed by atoms with Crippen molar-refractivity contribution in [3.05, 3.63) is 178 Å². The molecule has 0 heterocycles. The van der Waals surface area contributed by atoms with Gasteiger partial charge < -0.3 is 23.1 Å². The van der Waals surface area contributed by atoms with E-state index in [4.69, 9.17) is 23.1 Å². The Morgan fingerprint density at radius 1 is 0.381 bits per heavy atom. The minimum atomic E-state index is -2.23. The van der Waals surface area contributed by atoms with Crippen molar-refractivity contribution in [2.75, 3.05) is 12.5 Å². The maximum Gasteiger partial charge on any atom is 0.213 e. The molecule has 6 aromatic carbocycles. The van der Waals surface area contributed by atoms with Gasteiger partial charge in [0, 0.05) is 10.8 Å². The molecule has 0 unspecified atom stereocenters. The zero-order valence-corrected chi connectivity index (χ0v) is 38.9. The molecule has 0 saturated heterocycles. The van der Waals surface area contributed by atoms with Gasteiger partial charge >= 0.3 is 0 Å². The molecule has 0 aliphatic heterocycles. The summed E-state index contributed by atoms with van der Waals surface area (Å²) < 4.78 is 31.4. The molecule has 0 aromatic heterocycles. The summed E-state index contributed by atoms with van der Waals surface area (Å²) in [7, 11) is -4.46. The van der Waals surface area contributed by atoms with Crippen LogP contribution in [0.5, 0.6) is 34.5 Å². The summed E-state index contributed by atoms with van der Waals surface area (Å²) in [5.41, 5.74) is 5.15. The lowest BCUT2D eigenvalue weighted by Gasteiger charge is -2.33. The van der Waals surface area contributed by atoms with Crippen molar-refractivity contribution >= 4 is 16.6 Å². The first-order valence-corrected chi connectivity index (χ1v) is 26.8. The van der Waals surface area contributed by atoms with Crippen LogP contribution >= 0.6 is 0 Å². The van der Waals surface area contributed by atoms with Crippen LogP contribution in [0.3, 0.4) is 0 Å². The van der Waals surface area contributed by atoms with Gasteiger partial charge in [0.05, 0.1) is 22.3 Å². The number of hydrogen-bond acceptors (Lipinski definition) is 9. The molecule has 0 aliphatic rings. The number of nitriles is 4. The Bertz CT molecular complexity index is 2550. The Kier molecular flexibility index (Phi) is 13.6. The normalized spacial score (nSPS) is 11.6. The third-order valence-corrected chi connectivity index (χ3v) is 17.1. The average Bonchev–Trinajstić information content (AvgIpc) is 3.28. The Morgan fingerprint density at radius 3 is 0.937 bits per heavy atom. The molecule has 6 aromatic rings. The third kappa shape index (κ3) is 11.2. The van der Waals surface area contributed by atoms with E-state index in [1.165, 1.54) is 0 Å². The van der Waals surface area contributed by atoms with E-state index in [0.29, 0.717) is 46.6 Å². The van der Waals surface area contributed by atoms with Crippen molar-refractivity contribution < 1.29 is 23.1 Å². The molecule has 0 spiro atoms. The molecule has 0 fully saturated rings. The first kappa shape index (κ1) is 45.4. The summed E-state index contributed by atoms with van der Waals surface area (Å²) in [5, 5.41) is 37.1. The van der Waals surface area contributed by atoms with Gasteiger partial charge in [-0.1, -0.05) is 76.2 Å². The highest BCUT2D eigenvalue weighted by atomic mass is 28.4. The first-order valence-electron chi connectivity index (χ1n) is 20.6. The van der Waals surface area contributed by atoms with E-state index in [0.717, 1.165) is 33.8 Å². The van der Waals surface area contributed by atoms with Gasteiger partial charge in [-0.25, -0.2) is 0 Å². The van der Waals surface area contributed by atoms with E-state index >= 15 is 0 Å². The molecule has 0 bridgehead atoms. The van der Waals surface area contributed by atoms with E-state index < -0.39 is 16.6 Å². The second kappa shape index (κ2) is 18.9. The van der Waals surface area contributed by atoms with E-state index in [-0.39, 0.29) is 22.0 Å². The number of hydrogen-bond donors (Lipinski definition) is 0. The molecule has 0 N–H and O–H groups in total. The quantitative estimate of drug-likeness (QED) is 0.0869. The van der Waals surface area contributed by atoms with Crippen LogP contribution in [0.15, 0.2) is 133 Å². The first-order chi connectivity index (χ1) is 29.9. The lowest BCUT2D eigenvalue weighted by molar-refractivity contribution is 0.329. The number of benzene rings is 6. The predicted molar refractivity (Wildman–Crippen MR) is 249 cm³/mol. The molecule has 0 aliphatic carbocycles. The number of nitrogens with zero attached hydrogens (tertiary/aromatic N) is 4. The summed E-state index contributed by atoms with van der Waals surface area (Å²) in [6, 6.07) is 50.1. The van der Waals surface area contributed by atoms with Crippen LogP contribution in [-0.4, -0.2) is 29.1 Å². The van der Waals surface area contributed by atoms with Gasteiger partial charge in [-0.2, -0.15) is 21.0 Å². The zero-order chi connectivity index (χ0) is 45.4. The molecule has 6 rings (SSSR count). The molecular weight excluding hydrogens is 817 g/mol. The van der Waals surface area contributed by atoms with Crippen LogP contribution in [-0.2, 0) is 14.9 Å². The fourth-order valence-electron chi connectivity index (χ4n) is 7.30. The van der Waals surface area contributed by atoms with Crippen LogP contribution in [0.4, 0.5) is 0 Å². The maximum atomic E-state index is 9.35. The fourth-order valence-corrected chi connectivity index (χ4v) is 14.8. The van der Waals surface area contributed by atoms with Crippen molar-refractivity contribution in [2.45, 2.75) is 64.7 Å². The van der Waals surface area contributed by atoms with Gasteiger partial charge in [-0.3, -0.25) is 0 Å². The monoisotopic (exact) mass is 866 g/mol. The van der Waals surface area contributed by atoms with Crippen molar-refractivity contribution in [3.8, 4) is 58.8 Å². The van der Waals surface area contributed by atoms with Crippen LogP contribution in [0.2, 0.25) is 26.2 Å². The smallest absolute Gasteiger partial charge is 0.213 e. The Morgan fingerprint density at radius 2 is 0.651 bits per heavy atom. The van der Waals surface area contributed by atoms with E-state index in [2.05, 4.69) is 78.1 Å². The highest BCUT2D eigenvalue weighted by molar-refractivity contribution is 6.84. The standard InChI is InChI=1S/C52H50N4O5Si2/c1-51(2,43-15-25-47(26-16-43)59-49-19-9-37(31-53)39(29-49)33-55)41-11-21-45(22-12-41)57-35-62(5,6)61-63(7,8)36-58-46-23-13-42(14-24-46)52(3,4)44-17-27-48(28-18-44)60-50-20-10-38(32-54)40(30-50)34-56/h9-30H,35-36H2,1-8H3. The summed E-state index contributed by atoms with van der Waals surface area (Å²) in [6.45, 7) is 17.5. The summed E-state index contributed by atoms with van der Waals surface area (Å²) in [4.78, 5) is 0. The lowest BCUT2D eigenvalue weighted by Crippen LogP contribution is -2.51. The van der Waals surface area contributed by atoms with Crippen molar-refractivity contribution in [2.24, 2.45) is 0 Å². The highest BCUT2D eigenvalue weighted by Crippen LogP contribution is 2.36. The number of rotatable bonds is 16. The summed E-state index contributed by atoms with van der Waals surface area (Å²) in [6.07, 6.45) is 1.02. The average molecular weight is 867 g/mol. The Hall–Kier alpha value is -7.13. The third-order valence-electron chi connectivity index (χ3n) is 11.0. The van der Waals surface area contributed by atoms with Gasteiger partial charge in [-0.15, -0.1) is 0 Å². The Balaban J connectivity index is 0.983. The maximum absolute atomic E-state index is 9.35. The van der Waals surface area contributed by atoms with Crippen LogP contribution in [0.1, 0.15) is 72.2 Å². The Labute approximate surface area is 373 Å². The summed E-state index contributed by atoms with van der Waals surface area (Å²) in [5.74, 6) is 3.87. The van der Waals surface area contributed by atoms with Gasteiger partial charge in [0.1, 0.15) is 71.2 Å². The van der Waals surface area contributed by atoms with Gasteiger partial charge in [0.15, 0.2) is 0 Å². The highest BCUT2D eigenvalue weighted by Gasteiger charge is 2.35. The second-order valence-electron chi connectivity index (χ2n) is 17.6. The molecule has 63 heavy (non-hydrogen) atoms. The van der Waals surface area contributed by atoms with Gasteiger partial charge in [-0.05, 0) is 133 Å². The molecule has 0 atom stereocenters. The van der Waals surface area contributed by atoms with Gasteiger partial charge in [0.25, 0.3) is 0 Å². The lowest BCUT2D eigenvalue weighted by atomic mass is 9.78. The van der Waals surface area contributed by atoms with Crippen LogP contribution < -0.4 is 18.9 Å². The van der Waals surface area contributed by atoms with E-state index in [9.17, 15) is 21.0 Å². The molecular formula is C52H50N4O5Si2. The largest absolute Gasteiger partial charge is 0.494 e. The minimum Gasteiger partial charge on any atom is -0.494 e. The topological polar surface area (TPSA) is 141 Å². The molecule has 0 radical (unpaired) electrons. The SMILES string of the molecule is CC(C)(c1ccc(OC[Si](C)(C)O[Si](C)(C)COc2ccc(C(C)(C)c3ccc(Oc4ccc(C#N)c(C#N)c4)cc3)cc2)cc1)c1ccc(Oc2ccc(C#N)c(C#N)c2)cc1. The fraction of sp³-hybridized carbons (Fsp3) is 0.231. The second-order valence-corrected chi connectivity index (χ2v) is 26.0. The van der Waals surface area contributed by atoms with Crippen LogP contribution in [0.25, 0.3) is 0 Å². The summed E-state index contributed by atoms with van der Waals surface area (Å²) >= 11 is 0. The zero-order valence-electron chi connectivity index (χ0n) is 36.9. The molecule has 316 valence electrons. The molecule has 9 nitrogen and oxygen atoms in total. The van der Waals surface area contributed by atoms with Crippen molar-refractivity contribution in [3.63, 3.8) is 0 Å². The van der Waals surface area contributed by atoms with Crippen molar-refractivity contribution in [1.29, 1.82) is 21.0 Å². The molecule has 11 heteroatoms. The van der Waals surface area contributed by atoms with Gasteiger partial charge in [0.2, 0.25) is 16.6 Å². The molecule has 0 saturated carbocycles. The van der Waals surface area contributed by atoms with Crippen molar-refractivity contribution in [1.82, 2.24) is 0 Å². The van der Waals surface area contributed by atoms with Crippen LogP contribution in [0, 0.1) is 45.3 Å². The molecule has 0 amide bonds. The minimum absolute atomic E-state index is 0.281.